The van der Waals surface area contributed by atoms with E-state index in [1.165, 1.54) is 12.0 Å². The van der Waals surface area contributed by atoms with Gasteiger partial charge < -0.3 is 0 Å². The third-order valence-corrected chi connectivity index (χ3v) is 1.42. The Morgan fingerprint density at radius 3 is 2.43 bits per heavy atom. The summed E-state index contributed by atoms with van der Waals surface area (Å²) in [6, 6.07) is 0. The maximum Gasteiger partial charge on any atom is 0.0178 e. The predicted octanol–water partition coefficient (Wildman–Crippen LogP) is 2.78. The Kier molecular flexibility index (Phi) is 4.94. The van der Waals surface area contributed by atoms with Gasteiger partial charge in [0.15, 0.2) is 0 Å². The quantitative estimate of drug-likeness (QED) is 0.373. The third kappa shape index (κ3) is 4.32. The second kappa shape index (κ2) is 4.62. The number of rotatable bonds is 2. The molecule has 0 bridgehead atoms. The van der Waals surface area contributed by atoms with Gasteiger partial charge in [0.05, 0.1) is 0 Å². The summed E-state index contributed by atoms with van der Waals surface area (Å²) in [7, 11) is 0. The molecule has 0 nitrogen and oxygen atoms in total. The van der Waals surface area contributed by atoms with Crippen molar-refractivity contribution in [1.82, 2.24) is 0 Å². The number of hydrogen-bond donors (Lipinski definition) is 0. The molecule has 0 unspecified atom stereocenters. The molecule has 0 heterocycles. The lowest BCUT2D eigenvalue weighted by atomic mass is 10.2. The van der Waals surface area contributed by atoms with Crippen LogP contribution in [-0.4, -0.2) is 4.43 Å². The summed E-state index contributed by atoms with van der Waals surface area (Å²) in [6.45, 7) is 4.34. The van der Waals surface area contributed by atoms with Crippen LogP contribution in [0.15, 0.2) is 11.6 Å². The first-order valence-corrected chi connectivity index (χ1v) is 4.05. The SMILES string of the molecule is CC/C(C)=C\CI. The van der Waals surface area contributed by atoms with Gasteiger partial charge in [0.1, 0.15) is 0 Å². The van der Waals surface area contributed by atoms with Crippen molar-refractivity contribution in [3.05, 3.63) is 11.6 Å². The third-order valence-electron chi connectivity index (χ3n) is 0.983. The smallest absolute Gasteiger partial charge is 0.0178 e. The van der Waals surface area contributed by atoms with Gasteiger partial charge in [-0.2, -0.15) is 0 Å². The van der Waals surface area contributed by atoms with Crippen LogP contribution in [0.3, 0.4) is 0 Å². The van der Waals surface area contributed by atoms with E-state index in [1.807, 2.05) is 0 Å². The van der Waals surface area contributed by atoms with E-state index < -0.39 is 0 Å². The summed E-state index contributed by atoms with van der Waals surface area (Å²) in [4.78, 5) is 0. The molecule has 42 valence electrons. The highest BCUT2D eigenvalue weighted by molar-refractivity contribution is 14.1. The number of alkyl halides is 1. The lowest BCUT2D eigenvalue weighted by Crippen LogP contribution is -1.69. The molecule has 0 aromatic heterocycles. The van der Waals surface area contributed by atoms with E-state index in [1.54, 1.807) is 0 Å². The lowest BCUT2D eigenvalue weighted by molar-refractivity contribution is 1.09. The number of halogens is 1. The first-order chi connectivity index (χ1) is 3.31. The molecule has 0 atom stereocenters. The van der Waals surface area contributed by atoms with Crippen molar-refractivity contribution < 1.29 is 0 Å². The Hall–Kier alpha value is 0.470. The van der Waals surface area contributed by atoms with E-state index >= 15 is 0 Å². The van der Waals surface area contributed by atoms with Crippen LogP contribution in [-0.2, 0) is 0 Å². The van der Waals surface area contributed by atoms with Crippen LogP contribution < -0.4 is 0 Å². The van der Waals surface area contributed by atoms with Gasteiger partial charge in [-0.25, -0.2) is 0 Å². The minimum absolute atomic E-state index is 1.15. The molecule has 7 heavy (non-hydrogen) atoms. The van der Waals surface area contributed by atoms with Crippen LogP contribution in [0.25, 0.3) is 0 Å². The summed E-state index contributed by atoms with van der Waals surface area (Å²) in [5, 5.41) is 0. The molecule has 0 radical (unpaired) electrons. The van der Waals surface area contributed by atoms with Crippen molar-refractivity contribution in [2.24, 2.45) is 0 Å². The summed E-state index contributed by atoms with van der Waals surface area (Å²) in [6.07, 6.45) is 3.45. The van der Waals surface area contributed by atoms with Crippen molar-refractivity contribution in [2.75, 3.05) is 4.43 Å². The molecule has 0 saturated heterocycles. The van der Waals surface area contributed by atoms with Gasteiger partial charge >= 0.3 is 0 Å². The minimum Gasteiger partial charge on any atom is -0.0818 e. The Balaban J connectivity index is 3.29. The number of allylic oxidation sites excluding steroid dienone is 2. The second-order valence-corrected chi connectivity index (χ2v) is 2.44. The molecule has 0 aliphatic carbocycles. The van der Waals surface area contributed by atoms with E-state index in [9.17, 15) is 0 Å². The fourth-order valence-corrected chi connectivity index (χ4v) is 1.03. The summed E-state index contributed by atoms with van der Waals surface area (Å²) >= 11 is 2.35. The fraction of sp³-hybridized carbons (Fsp3) is 0.667. The average molecular weight is 210 g/mol. The first kappa shape index (κ1) is 7.47. The second-order valence-electron chi connectivity index (χ2n) is 1.56. The van der Waals surface area contributed by atoms with Gasteiger partial charge in [-0.15, -0.1) is 0 Å². The van der Waals surface area contributed by atoms with E-state index in [2.05, 4.69) is 42.5 Å². The van der Waals surface area contributed by atoms with Gasteiger partial charge in [0, 0.05) is 4.43 Å². The zero-order valence-electron chi connectivity index (χ0n) is 4.87. The molecule has 1 heteroatoms. The summed E-state index contributed by atoms with van der Waals surface area (Å²) < 4.78 is 1.15. The molecule has 0 aromatic carbocycles. The van der Waals surface area contributed by atoms with E-state index in [4.69, 9.17) is 0 Å². The first-order valence-electron chi connectivity index (χ1n) is 2.52. The van der Waals surface area contributed by atoms with Crippen molar-refractivity contribution in [3.8, 4) is 0 Å². The van der Waals surface area contributed by atoms with Gasteiger partial charge in [0.2, 0.25) is 0 Å². The highest BCUT2D eigenvalue weighted by atomic mass is 127. The predicted molar refractivity (Wildman–Crippen MR) is 42.9 cm³/mol. The maximum absolute atomic E-state index is 2.35. The molecular formula is C6H11I. The van der Waals surface area contributed by atoms with Crippen LogP contribution >= 0.6 is 22.6 Å². The Morgan fingerprint density at radius 1 is 1.71 bits per heavy atom. The summed E-state index contributed by atoms with van der Waals surface area (Å²) in [5.74, 6) is 0. The normalized spacial score (nSPS) is 12.1. The lowest BCUT2D eigenvalue weighted by Gasteiger charge is -1.87. The Morgan fingerprint density at radius 2 is 2.29 bits per heavy atom. The van der Waals surface area contributed by atoms with Crippen LogP contribution in [0.1, 0.15) is 20.3 Å². The zero-order chi connectivity index (χ0) is 5.70. The van der Waals surface area contributed by atoms with E-state index in [0.717, 1.165) is 4.43 Å². The molecule has 0 aromatic rings. The molecule has 0 aliphatic heterocycles. The summed E-state index contributed by atoms with van der Waals surface area (Å²) in [5.41, 5.74) is 1.49. The molecule has 0 amide bonds. The van der Waals surface area contributed by atoms with Crippen molar-refractivity contribution in [3.63, 3.8) is 0 Å². The van der Waals surface area contributed by atoms with Crippen molar-refractivity contribution in [1.29, 1.82) is 0 Å². The molecule has 0 spiro atoms. The van der Waals surface area contributed by atoms with Crippen LogP contribution in [0, 0.1) is 0 Å². The van der Waals surface area contributed by atoms with Gasteiger partial charge in [-0.3, -0.25) is 0 Å². The zero-order valence-corrected chi connectivity index (χ0v) is 7.03. The highest BCUT2D eigenvalue weighted by Crippen LogP contribution is 1.98. The topological polar surface area (TPSA) is 0 Å². The molecular weight excluding hydrogens is 199 g/mol. The van der Waals surface area contributed by atoms with Gasteiger partial charge in [-0.05, 0) is 13.3 Å². The molecule has 0 saturated carbocycles. The van der Waals surface area contributed by atoms with E-state index in [0.29, 0.717) is 0 Å². The van der Waals surface area contributed by atoms with Crippen molar-refractivity contribution >= 4 is 22.6 Å². The van der Waals surface area contributed by atoms with Gasteiger partial charge in [0.25, 0.3) is 0 Å². The monoisotopic (exact) mass is 210 g/mol. The minimum atomic E-state index is 1.15. The molecule has 0 N–H and O–H groups in total. The standard InChI is InChI=1S/C6H11I/c1-3-6(2)4-5-7/h4H,3,5H2,1-2H3/b6-4-. The van der Waals surface area contributed by atoms with Crippen molar-refractivity contribution in [2.45, 2.75) is 20.3 Å². The maximum atomic E-state index is 2.35. The molecule has 0 rings (SSSR count). The largest absolute Gasteiger partial charge is 0.0818 e. The average Bonchev–Trinajstić information content (AvgIpc) is 1.68. The Labute approximate surface area is 59.1 Å². The van der Waals surface area contributed by atoms with Gasteiger partial charge in [-0.1, -0.05) is 41.2 Å². The number of hydrogen-bond acceptors (Lipinski definition) is 0. The Bertz CT molecular complexity index is 64.6. The van der Waals surface area contributed by atoms with Crippen LogP contribution in [0.4, 0.5) is 0 Å². The molecule has 0 aliphatic rings. The fourth-order valence-electron chi connectivity index (χ4n) is 0.276. The van der Waals surface area contributed by atoms with Crippen LogP contribution in [0.2, 0.25) is 0 Å². The highest BCUT2D eigenvalue weighted by Gasteiger charge is 1.77. The van der Waals surface area contributed by atoms with E-state index in [-0.39, 0.29) is 0 Å². The van der Waals surface area contributed by atoms with Crippen LogP contribution in [0.5, 0.6) is 0 Å². The molecule has 0 fully saturated rings.